The summed E-state index contributed by atoms with van der Waals surface area (Å²) in [6.45, 7) is 7.05. The predicted molar refractivity (Wildman–Crippen MR) is 81.9 cm³/mol. The van der Waals surface area contributed by atoms with E-state index < -0.39 is 24.0 Å². The van der Waals surface area contributed by atoms with Crippen LogP contribution in [0.3, 0.4) is 0 Å². The molecule has 1 aromatic carbocycles. The number of ether oxygens (including phenoxy) is 2. The smallest absolute Gasteiger partial charge is 0.328 e. The molecule has 0 aliphatic carbocycles. The Hall–Kier alpha value is -2.34. The maximum Gasteiger partial charge on any atom is 0.328 e. The van der Waals surface area contributed by atoms with Gasteiger partial charge in [-0.25, -0.2) is 4.79 Å². The fraction of sp³-hybridized carbons (Fsp3) is 0.375. The van der Waals surface area contributed by atoms with Crippen LogP contribution in [-0.2, 0) is 14.3 Å². The molecular formula is C16H21NO5. The van der Waals surface area contributed by atoms with Crippen molar-refractivity contribution in [2.24, 2.45) is 0 Å². The molecule has 0 bridgehead atoms. The van der Waals surface area contributed by atoms with Crippen LogP contribution >= 0.6 is 0 Å². The van der Waals surface area contributed by atoms with E-state index in [4.69, 9.17) is 14.6 Å². The van der Waals surface area contributed by atoms with E-state index in [-0.39, 0.29) is 13.2 Å². The van der Waals surface area contributed by atoms with Crippen molar-refractivity contribution in [3.63, 3.8) is 0 Å². The Morgan fingerprint density at radius 2 is 2.00 bits per heavy atom. The van der Waals surface area contributed by atoms with E-state index in [9.17, 15) is 9.59 Å². The van der Waals surface area contributed by atoms with Gasteiger partial charge in [-0.15, -0.1) is 6.58 Å². The predicted octanol–water partition coefficient (Wildman–Crippen LogP) is 1.53. The second kappa shape index (κ2) is 8.84. The molecule has 0 spiro atoms. The Morgan fingerprint density at radius 3 is 2.55 bits per heavy atom. The van der Waals surface area contributed by atoms with E-state index in [1.165, 1.54) is 6.08 Å². The molecule has 120 valence electrons. The molecule has 1 rings (SSSR count). The second-order valence-electron chi connectivity index (χ2n) is 4.80. The fourth-order valence-electron chi connectivity index (χ4n) is 1.61. The first-order chi connectivity index (χ1) is 10.4. The molecule has 6 heteroatoms. The standard InChI is InChI=1S/C16H21NO5/c1-4-9-21-10-14(16(19)20)17-15(18)12(3)22-13-7-5-11(2)6-8-13/h4-8,12,14H,1,9-10H2,2-3H3,(H,17,18)(H,19,20). The van der Waals surface area contributed by atoms with Crippen LogP contribution in [0.15, 0.2) is 36.9 Å². The third-order valence-electron chi connectivity index (χ3n) is 2.84. The first-order valence-electron chi connectivity index (χ1n) is 6.89. The van der Waals surface area contributed by atoms with Gasteiger partial charge in [0.05, 0.1) is 13.2 Å². The molecule has 2 atom stereocenters. The van der Waals surface area contributed by atoms with E-state index in [0.717, 1.165) is 5.56 Å². The number of hydrogen-bond acceptors (Lipinski definition) is 4. The average molecular weight is 307 g/mol. The minimum absolute atomic E-state index is 0.135. The third kappa shape index (κ3) is 5.97. The summed E-state index contributed by atoms with van der Waals surface area (Å²) in [6.07, 6.45) is 0.688. The van der Waals surface area contributed by atoms with E-state index in [1.54, 1.807) is 19.1 Å². The highest BCUT2D eigenvalue weighted by Crippen LogP contribution is 2.13. The Kier molecular flexibility index (Phi) is 7.12. The van der Waals surface area contributed by atoms with Gasteiger partial charge >= 0.3 is 5.97 Å². The van der Waals surface area contributed by atoms with Crippen LogP contribution in [0.5, 0.6) is 5.75 Å². The van der Waals surface area contributed by atoms with E-state index >= 15 is 0 Å². The fourth-order valence-corrected chi connectivity index (χ4v) is 1.61. The summed E-state index contributed by atoms with van der Waals surface area (Å²) in [5, 5.41) is 11.4. The topological polar surface area (TPSA) is 84.9 Å². The lowest BCUT2D eigenvalue weighted by Crippen LogP contribution is -2.48. The van der Waals surface area contributed by atoms with Gasteiger partial charge in [0.2, 0.25) is 0 Å². The molecule has 0 aliphatic rings. The van der Waals surface area contributed by atoms with Crippen LogP contribution in [0.4, 0.5) is 0 Å². The summed E-state index contributed by atoms with van der Waals surface area (Å²) in [4.78, 5) is 23.1. The van der Waals surface area contributed by atoms with Crippen LogP contribution in [0, 0.1) is 6.92 Å². The molecule has 22 heavy (non-hydrogen) atoms. The van der Waals surface area contributed by atoms with Crippen molar-refractivity contribution in [3.05, 3.63) is 42.5 Å². The monoisotopic (exact) mass is 307 g/mol. The molecule has 0 heterocycles. The van der Waals surface area contributed by atoms with Gasteiger partial charge in [0.15, 0.2) is 12.1 Å². The average Bonchev–Trinajstić information content (AvgIpc) is 2.48. The molecule has 1 amide bonds. The van der Waals surface area contributed by atoms with Crippen molar-refractivity contribution >= 4 is 11.9 Å². The maximum absolute atomic E-state index is 12.0. The molecule has 0 fully saturated rings. The number of nitrogens with one attached hydrogen (secondary N) is 1. The molecule has 1 aromatic rings. The highest BCUT2D eigenvalue weighted by molar-refractivity contribution is 5.86. The molecule has 0 saturated carbocycles. The van der Waals surface area contributed by atoms with E-state index in [2.05, 4.69) is 11.9 Å². The van der Waals surface area contributed by atoms with Gasteiger partial charge in [-0.3, -0.25) is 4.79 Å². The first kappa shape index (κ1) is 17.7. The molecule has 6 nitrogen and oxygen atoms in total. The third-order valence-corrected chi connectivity index (χ3v) is 2.84. The number of aliphatic carboxylic acids is 1. The second-order valence-corrected chi connectivity index (χ2v) is 4.80. The number of benzene rings is 1. The molecule has 0 radical (unpaired) electrons. The Balaban J connectivity index is 2.54. The van der Waals surface area contributed by atoms with Crippen LogP contribution in [-0.4, -0.2) is 42.3 Å². The van der Waals surface area contributed by atoms with Gasteiger partial charge < -0.3 is 19.9 Å². The molecule has 2 unspecified atom stereocenters. The number of carboxylic acid groups (broad SMARTS) is 1. The summed E-state index contributed by atoms with van der Waals surface area (Å²) in [5.74, 6) is -1.14. The minimum atomic E-state index is -1.17. The number of amides is 1. The maximum atomic E-state index is 12.0. The zero-order valence-electron chi connectivity index (χ0n) is 12.7. The Bertz CT molecular complexity index is 512. The zero-order valence-corrected chi connectivity index (χ0v) is 12.7. The zero-order chi connectivity index (χ0) is 16.5. The normalized spacial score (nSPS) is 13.0. The van der Waals surface area contributed by atoms with Crippen LogP contribution in [0.25, 0.3) is 0 Å². The van der Waals surface area contributed by atoms with Crippen molar-refractivity contribution in [1.82, 2.24) is 5.32 Å². The first-order valence-corrected chi connectivity index (χ1v) is 6.89. The van der Waals surface area contributed by atoms with Gasteiger partial charge in [0, 0.05) is 0 Å². The van der Waals surface area contributed by atoms with Crippen molar-refractivity contribution in [2.45, 2.75) is 26.0 Å². The van der Waals surface area contributed by atoms with Gasteiger partial charge in [0.1, 0.15) is 5.75 Å². The molecule has 0 aliphatic heterocycles. The number of hydrogen-bond donors (Lipinski definition) is 2. The number of aryl methyl sites for hydroxylation is 1. The molecular weight excluding hydrogens is 286 g/mol. The Labute approximate surface area is 129 Å². The highest BCUT2D eigenvalue weighted by Gasteiger charge is 2.24. The van der Waals surface area contributed by atoms with Crippen molar-refractivity contribution in [3.8, 4) is 5.75 Å². The van der Waals surface area contributed by atoms with Crippen LogP contribution in [0.2, 0.25) is 0 Å². The Morgan fingerprint density at radius 1 is 1.36 bits per heavy atom. The molecule has 2 N–H and O–H groups in total. The summed E-state index contributed by atoms with van der Waals surface area (Å²) in [6, 6.07) is 6.10. The van der Waals surface area contributed by atoms with Gasteiger partial charge in [-0.2, -0.15) is 0 Å². The van der Waals surface area contributed by atoms with Crippen molar-refractivity contribution < 1.29 is 24.2 Å². The van der Waals surface area contributed by atoms with E-state index in [1.807, 2.05) is 19.1 Å². The summed E-state index contributed by atoms with van der Waals surface area (Å²) >= 11 is 0. The number of carbonyl (C=O) groups is 2. The van der Waals surface area contributed by atoms with Crippen molar-refractivity contribution in [2.75, 3.05) is 13.2 Å². The minimum Gasteiger partial charge on any atom is -0.481 e. The van der Waals surface area contributed by atoms with Gasteiger partial charge in [0.25, 0.3) is 5.91 Å². The molecule has 0 saturated heterocycles. The quantitative estimate of drug-likeness (QED) is 0.534. The van der Waals surface area contributed by atoms with E-state index in [0.29, 0.717) is 5.75 Å². The van der Waals surface area contributed by atoms with Crippen LogP contribution in [0.1, 0.15) is 12.5 Å². The van der Waals surface area contributed by atoms with Gasteiger partial charge in [-0.1, -0.05) is 23.8 Å². The van der Waals surface area contributed by atoms with Crippen molar-refractivity contribution in [1.29, 1.82) is 0 Å². The summed E-state index contributed by atoms with van der Waals surface area (Å²) in [5.41, 5.74) is 1.08. The SMILES string of the molecule is C=CCOCC(NC(=O)C(C)Oc1ccc(C)cc1)C(=O)O. The lowest BCUT2D eigenvalue weighted by molar-refractivity contribution is -0.144. The van der Waals surface area contributed by atoms with Crippen LogP contribution < -0.4 is 10.1 Å². The summed E-state index contributed by atoms with van der Waals surface area (Å²) in [7, 11) is 0. The lowest BCUT2D eigenvalue weighted by atomic mass is 10.2. The summed E-state index contributed by atoms with van der Waals surface area (Å²) < 4.78 is 10.5. The van der Waals surface area contributed by atoms with Gasteiger partial charge in [-0.05, 0) is 26.0 Å². The largest absolute Gasteiger partial charge is 0.481 e. The number of rotatable bonds is 9. The molecule has 0 aromatic heterocycles. The lowest BCUT2D eigenvalue weighted by Gasteiger charge is -2.18. The number of carboxylic acids is 1. The highest BCUT2D eigenvalue weighted by atomic mass is 16.5. The number of carbonyl (C=O) groups excluding carboxylic acids is 1.